The summed E-state index contributed by atoms with van der Waals surface area (Å²) in [6.07, 6.45) is 2.01. The lowest BCUT2D eigenvalue weighted by Crippen LogP contribution is -1.88. The van der Waals surface area contributed by atoms with Crippen LogP contribution in [-0.4, -0.2) is 11.2 Å². The average molecular weight is 245 g/mol. The van der Waals surface area contributed by atoms with Gasteiger partial charge in [-0.1, -0.05) is 24.3 Å². The third-order valence-corrected chi connectivity index (χ3v) is 3.19. The molecule has 0 spiro atoms. The van der Waals surface area contributed by atoms with Crippen molar-refractivity contribution < 1.29 is 4.92 Å². The van der Waals surface area contributed by atoms with Gasteiger partial charge >= 0.3 is 0 Å². The summed E-state index contributed by atoms with van der Waals surface area (Å²) < 4.78 is 0. The minimum atomic E-state index is -0.373. The molecule has 86 valence electrons. The van der Waals surface area contributed by atoms with Crippen LogP contribution in [0.5, 0.6) is 0 Å². The van der Waals surface area contributed by atoms with Crippen molar-refractivity contribution in [3.63, 3.8) is 0 Å². The van der Waals surface area contributed by atoms with Crippen molar-refractivity contribution in [2.75, 3.05) is 6.26 Å². The second kappa shape index (κ2) is 5.01. The Morgan fingerprint density at radius 3 is 2.35 bits per heavy atom. The van der Waals surface area contributed by atoms with Crippen LogP contribution < -0.4 is 0 Å². The fourth-order valence-electron chi connectivity index (χ4n) is 1.60. The molecule has 0 aliphatic heterocycles. The van der Waals surface area contributed by atoms with Crippen LogP contribution in [-0.2, 0) is 0 Å². The molecule has 0 saturated heterocycles. The summed E-state index contributed by atoms with van der Waals surface area (Å²) in [7, 11) is 0. The van der Waals surface area contributed by atoms with Gasteiger partial charge in [0, 0.05) is 17.0 Å². The molecule has 0 aliphatic carbocycles. The van der Waals surface area contributed by atoms with E-state index in [-0.39, 0.29) is 10.6 Å². The van der Waals surface area contributed by atoms with Crippen LogP contribution >= 0.6 is 11.8 Å². The lowest BCUT2D eigenvalue weighted by molar-refractivity contribution is -0.384. The smallest absolute Gasteiger partial charge is 0.258 e. The molecule has 0 aromatic heterocycles. The molecule has 0 N–H and O–H groups in total. The van der Waals surface area contributed by atoms with E-state index in [0.717, 1.165) is 16.0 Å². The Morgan fingerprint density at radius 1 is 1.06 bits per heavy atom. The van der Waals surface area contributed by atoms with Crippen molar-refractivity contribution in [1.82, 2.24) is 0 Å². The summed E-state index contributed by atoms with van der Waals surface area (Å²) in [5.41, 5.74) is 1.99. The summed E-state index contributed by atoms with van der Waals surface area (Å²) >= 11 is 1.65. The molecule has 0 unspecified atom stereocenters. The van der Waals surface area contributed by atoms with Crippen molar-refractivity contribution in [3.8, 4) is 11.1 Å². The Hall–Kier alpha value is -1.81. The molecule has 2 aromatic rings. The molecule has 17 heavy (non-hydrogen) atoms. The molecule has 4 heteroatoms. The van der Waals surface area contributed by atoms with E-state index in [1.54, 1.807) is 23.9 Å². The minimum absolute atomic E-state index is 0.122. The Bertz CT molecular complexity index is 555. The standard InChI is InChI=1S/C13H11NO2S/c1-17-13-7-3-5-11(9-13)10-4-2-6-12(8-10)14(15)16/h2-9H,1H3. The molecule has 0 heterocycles. The van der Waals surface area contributed by atoms with Crippen LogP contribution in [0.3, 0.4) is 0 Å². The van der Waals surface area contributed by atoms with Gasteiger partial charge in [-0.15, -0.1) is 11.8 Å². The Balaban J connectivity index is 2.45. The Labute approximate surface area is 104 Å². The summed E-state index contributed by atoms with van der Waals surface area (Å²) in [5.74, 6) is 0. The zero-order valence-corrected chi connectivity index (χ0v) is 10.1. The van der Waals surface area contributed by atoms with E-state index in [1.165, 1.54) is 6.07 Å². The quantitative estimate of drug-likeness (QED) is 0.466. The van der Waals surface area contributed by atoms with Crippen molar-refractivity contribution in [3.05, 3.63) is 58.6 Å². The number of hydrogen-bond donors (Lipinski definition) is 0. The molecule has 0 bridgehead atoms. The fourth-order valence-corrected chi connectivity index (χ4v) is 2.06. The van der Waals surface area contributed by atoms with E-state index in [9.17, 15) is 10.1 Å². The van der Waals surface area contributed by atoms with E-state index >= 15 is 0 Å². The molecule has 0 saturated carbocycles. The molecule has 3 nitrogen and oxygen atoms in total. The summed E-state index contributed by atoms with van der Waals surface area (Å²) in [4.78, 5) is 11.5. The third kappa shape index (κ3) is 2.65. The zero-order chi connectivity index (χ0) is 12.3. The summed E-state index contributed by atoms with van der Waals surface area (Å²) in [5, 5.41) is 10.7. The normalized spacial score (nSPS) is 10.2. The number of thioether (sulfide) groups is 1. The van der Waals surface area contributed by atoms with Gasteiger partial charge in [-0.25, -0.2) is 0 Å². The number of nitrogens with zero attached hydrogens (tertiary/aromatic N) is 1. The maximum absolute atomic E-state index is 10.7. The number of rotatable bonds is 3. The average Bonchev–Trinajstić information content (AvgIpc) is 2.39. The largest absolute Gasteiger partial charge is 0.270 e. The van der Waals surface area contributed by atoms with Crippen LogP contribution in [0.1, 0.15) is 0 Å². The monoisotopic (exact) mass is 245 g/mol. The van der Waals surface area contributed by atoms with Crippen LogP contribution in [0, 0.1) is 10.1 Å². The van der Waals surface area contributed by atoms with Crippen molar-refractivity contribution in [2.45, 2.75) is 4.90 Å². The Morgan fingerprint density at radius 2 is 1.71 bits per heavy atom. The van der Waals surface area contributed by atoms with Crippen molar-refractivity contribution in [2.24, 2.45) is 0 Å². The van der Waals surface area contributed by atoms with E-state index in [1.807, 2.05) is 36.6 Å². The highest BCUT2D eigenvalue weighted by atomic mass is 32.2. The molecule has 0 aliphatic rings. The van der Waals surface area contributed by atoms with Crippen LogP contribution in [0.4, 0.5) is 5.69 Å². The molecule has 2 rings (SSSR count). The van der Waals surface area contributed by atoms with Crippen LogP contribution in [0.2, 0.25) is 0 Å². The number of nitro groups is 1. The first-order valence-electron chi connectivity index (χ1n) is 5.09. The second-order valence-corrected chi connectivity index (χ2v) is 4.42. The fraction of sp³-hybridized carbons (Fsp3) is 0.0769. The van der Waals surface area contributed by atoms with Gasteiger partial charge in [-0.2, -0.15) is 0 Å². The molecular formula is C13H11NO2S. The maximum atomic E-state index is 10.7. The van der Waals surface area contributed by atoms with E-state index in [0.29, 0.717) is 0 Å². The summed E-state index contributed by atoms with van der Waals surface area (Å²) in [6, 6.07) is 14.7. The predicted molar refractivity (Wildman–Crippen MR) is 70.3 cm³/mol. The SMILES string of the molecule is CSc1cccc(-c2cccc([N+](=O)[O-])c2)c1. The van der Waals surface area contributed by atoms with Crippen molar-refractivity contribution >= 4 is 17.4 Å². The number of benzene rings is 2. The Kier molecular flexibility index (Phi) is 3.44. The first-order valence-corrected chi connectivity index (χ1v) is 6.32. The van der Waals surface area contributed by atoms with Crippen molar-refractivity contribution in [1.29, 1.82) is 0 Å². The van der Waals surface area contributed by atoms with Gasteiger partial charge in [-0.05, 0) is 29.5 Å². The molecule has 0 atom stereocenters. The molecule has 0 radical (unpaired) electrons. The van der Waals surface area contributed by atoms with Gasteiger partial charge in [0.2, 0.25) is 0 Å². The zero-order valence-electron chi connectivity index (χ0n) is 9.29. The van der Waals surface area contributed by atoms with Gasteiger partial charge in [-0.3, -0.25) is 10.1 Å². The second-order valence-electron chi connectivity index (χ2n) is 3.54. The van der Waals surface area contributed by atoms with E-state index < -0.39 is 0 Å². The highest BCUT2D eigenvalue weighted by Crippen LogP contribution is 2.26. The number of non-ortho nitro benzene ring substituents is 1. The van der Waals surface area contributed by atoms with Gasteiger partial charge in [0.15, 0.2) is 0 Å². The maximum Gasteiger partial charge on any atom is 0.270 e. The first-order chi connectivity index (χ1) is 8.20. The highest BCUT2D eigenvalue weighted by Gasteiger charge is 2.07. The minimum Gasteiger partial charge on any atom is -0.258 e. The van der Waals surface area contributed by atoms with Crippen LogP contribution in [0.25, 0.3) is 11.1 Å². The van der Waals surface area contributed by atoms with Gasteiger partial charge in [0.05, 0.1) is 4.92 Å². The predicted octanol–water partition coefficient (Wildman–Crippen LogP) is 3.98. The lowest BCUT2D eigenvalue weighted by Gasteiger charge is -2.03. The summed E-state index contributed by atoms with van der Waals surface area (Å²) in [6.45, 7) is 0. The van der Waals surface area contributed by atoms with Gasteiger partial charge < -0.3 is 0 Å². The van der Waals surface area contributed by atoms with Gasteiger partial charge in [0.25, 0.3) is 5.69 Å². The van der Waals surface area contributed by atoms with E-state index in [2.05, 4.69) is 0 Å². The van der Waals surface area contributed by atoms with E-state index in [4.69, 9.17) is 0 Å². The number of nitro benzene ring substituents is 1. The third-order valence-electron chi connectivity index (χ3n) is 2.46. The molecule has 2 aromatic carbocycles. The van der Waals surface area contributed by atoms with Gasteiger partial charge in [0.1, 0.15) is 0 Å². The van der Waals surface area contributed by atoms with Crippen LogP contribution in [0.15, 0.2) is 53.4 Å². The molecule has 0 fully saturated rings. The molecular weight excluding hydrogens is 234 g/mol. The first kappa shape index (κ1) is 11.7. The lowest BCUT2D eigenvalue weighted by atomic mass is 10.1. The molecule has 0 amide bonds. The topological polar surface area (TPSA) is 43.1 Å². The number of hydrogen-bond acceptors (Lipinski definition) is 3. The highest BCUT2D eigenvalue weighted by molar-refractivity contribution is 7.98.